The van der Waals surface area contributed by atoms with Crippen LogP contribution < -0.4 is 5.32 Å². The Morgan fingerprint density at radius 1 is 1.25 bits per heavy atom. The molecule has 0 unspecified atom stereocenters. The molecule has 0 aromatic heterocycles. The zero-order valence-electron chi connectivity index (χ0n) is 9.87. The Morgan fingerprint density at radius 2 is 1.94 bits per heavy atom. The maximum absolute atomic E-state index is 11.7. The Kier molecular flexibility index (Phi) is 3.82. The summed E-state index contributed by atoms with van der Waals surface area (Å²) in [5, 5.41) is 12.2. The average Bonchev–Trinajstić information content (AvgIpc) is 2.73. The molecule has 1 aliphatic carbocycles. The van der Waals surface area contributed by atoms with Crippen molar-refractivity contribution in [2.45, 2.75) is 44.1 Å². The van der Waals surface area contributed by atoms with Crippen LogP contribution in [0.4, 0.5) is 0 Å². The van der Waals surface area contributed by atoms with Gasteiger partial charge in [0.05, 0.1) is 12.1 Å². The quantitative estimate of drug-likeness (QED) is 0.718. The van der Waals surface area contributed by atoms with Crippen LogP contribution in [0.1, 0.15) is 38.5 Å². The van der Waals surface area contributed by atoms with Gasteiger partial charge in [0.2, 0.25) is 5.91 Å². The number of nitrogens with zero attached hydrogens (tertiary/aromatic N) is 1. The summed E-state index contributed by atoms with van der Waals surface area (Å²) in [5.74, 6) is 0.0978. The van der Waals surface area contributed by atoms with Crippen LogP contribution in [0, 0.1) is 0 Å². The molecule has 1 heterocycles. The lowest BCUT2D eigenvalue weighted by molar-refractivity contribution is -0.125. The molecule has 2 rings (SSSR count). The van der Waals surface area contributed by atoms with E-state index in [9.17, 15) is 9.90 Å². The van der Waals surface area contributed by atoms with Gasteiger partial charge in [-0.3, -0.25) is 4.79 Å². The van der Waals surface area contributed by atoms with E-state index in [-0.39, 0.29) is 18.1 Å². The second-order valence-corrected chi connectivity index (χ2v) is 5.14. The van der Waals surface area contributed by atoms with Crippen LogP contribution in [0.5, 0.6) is 0 Å². The molecule has 92 valence electrons. The van der Waals surface area contributed by atoms with Crippen molar-refractivity contribution in [3.8, 4) is 0 Å². The minimum atomic E-state index is -0.276. The van der Waals surface area contributed by atoms with Crippen molar-refractivity contribution in [2.24, 2.45) is 0 Å². The summed E-state index contributed by atoms with van der Waals surface area (Å²) in [5.41, 5.74) is -0.276. The van der Waals surface area contributed by atoms with Gasteiger partial charge in [0.15, 0.2) is 0 Å². The topological polar surface area (TPSA) is 52.6 Å². The third-order valence-corrected chi connectivity index (χ3v) is 3.87. The van der Waals surface area contributed by atoms with Gasteiger partial charge in [-0.15, -0.1) is 0 Å². The van der Waals surface area contributed by atoms with Gasteiger partial charge < -0.3 is 15.3 Å². The van der Waals surface area contributed by atoms with Gasteiger partial charge >= 0.3 is 0 Å². The molecule has 1 aliphatic heterocycles. The predicted molar refractivity (Wildman–Crippen MR) is 62.1 cm³/mol. The number of aliphatic hydroxyl groups is 1. The minimum absolute atomic E-state index is 0.0858. The molecular formula is C12H22N2O2. The highest BCUT2D eigenvalue weighted by Gasteiger charge is 2.37. The third kappa shape index (κ3) is 2.74. The fourth-order valence-corrected chi connectivity index (χ4v) is 2.55. The van der Waals surface area contributed by atoms with Crippen LogP contribution in [0.2, 0.25) is 0 Å². The fourth-order valence-electron chi connectivity index (χ4n) is 2.55. The maximum Gasteiger partial charge on any atom is 0.221 e. The van der Waals surface area contributed by atoms with Crippen LogP contribution in [0.15, 0.2) is 0 Å². The van der Waals surface area contributed by atoms with Gasteiger partial charge in [-0.2, -0.15) is 0 Å². The SMILES string of the molecule is O=C(CCN1CCCC1)NC1(CO)CCC1. The van der Waals surface area contributed by atoms with Crippen molar-refractivity contribution in [3.63, 3.8) is 0 Å². The van der Waals surface area contributed by atoms with E-state index in [1.807, 2.05) is 0 Å². The number of likely N-dealkylation sites (tertiary alicyclic amines) is 1. The third-order valence-electron chi connectivity index (χ3n) is 3.87. The van der Waals surface area contributed by atoms with Crippen LogP contribution in [0.3, 0.4) is 0 Å². The number of nitrogens with one attached hydrogen (secondary N) is 1. The first kappa shape index (κ1) is 11.9. The van der Waals surface area contributed by atoms with E-state index in [0.29, 0.717) is 6.42 Å². The highest BCUT2D eigenvalue weighted by Crippen LogP contribution is 2.31. The van der Waals surface area contributed by atoms with E-state index in [1.165, 1.54) is 12.8 Å². The summed E-state index contributed by atoms with van der Waals surface area (Å²) in [7, 11) is 0. The Hall–Kier alpha value is -0.610. The van der Waals surface area contributed by atoms with E-state index in [2.05, 4.69) is 10.2 Å². The van der Waals surface area contributed by atoms with Gasteiger partial charge in [0, 0.05) is 13.0 Å². The Morgan fingerprint density at radius 3 is 2.44 bits per heavy atom. The van der Waals surface area contributed by atoms with Gasteiger partial charge in [-0.25, -0.2) is 0 Å². The van der Waals surface area contributed by atoms with Crippen LogP contribution in [-0.4, -0.2) is 47.7 Å². The Balaban J connectivity index is 1.67. The van der Waals surface area contributed by atoms with Crippen molar-refractivity contribution in [3.05, 3.63) is 0 Å². The molecule has 2 fully saturated rings. The van der Waals surface area contributed by atoms with Gasteiger partial charge in [0.1, 0.15) is 0 Å². The summed E-state index contributed by atoms with van der Waals surface area (Å²) in [6.07, 6.45) is 6.08. The van der Waals surface area contributed by atoms with E-state index in [0.717, 1.165) is 38.9 Å². The molecule has 16 heavy (non-hydrogen) atoms. The molecule has 2 N–H and O–H groups in total. The van der Waals surface area contributed by atoms with Crippen LogP contribution in [-0.2, 0) is 4.79 Å². The highest BCUT2D eigenvalue weighted by molar-refractivity contribution is 5.77. The van der Waals surface area contributed by atoms with Gasteiger partial charge in [0.25, 0.3) is 0 Å². The van der Waals surface area contributed by atoms with Crippen molar-refractivity contribution in [1.82, 2.24) is 10.2 Å². The number of hydrogen-bond donors (Lipinski definition) is 2. The van der Waals surface area contributed by atoms with Gasteiger partial charge in [-0.1, -0.05) is 0 Å². The maximum atomic E-state index is 11.7. The normalized spacial score (nSPS) is 24.1. The van der Waals surface area contributed by atoms with E-state index in [1.54, 1.807) is 0 Å². The number of carbonyl (C=O) groups excluding carboxylic acids is 1. The summed E-state index contributed by atoms with van der Waals surface area (Å²) in [4.78, 5) is 14.1. The smallest absolute Gasteiger partial charge is 0.221 e. The largest absolute Gasteiger partial charge is 0.394 e. The average molecular weight is 226 g/mol. The zero-order valence-corrected chi connectivity index (χ0v) is 9.87. The lowest BCUT2D eigenvalue weighted by Gasteiger charge is -2.41. The minimum Gasteiger partial charge on any atom is -0.394 e. The molecule has 0 aromatic carbocycles. The van der Waals surface area contributed by atoms with E-state index in [4.69, 9.17) is 0 Å². The standard InChI is InChI=1S/C12H22N2O2/c15-10-12(5-3-6-12)13-11(16)4-9-14-7-1-2-8-14/h15H,1-10H2,(H,13,16). The van der Waals surface area contributed by atoms with Crippen LogP contribution in [0.25, 0.3) is 0 Å². The molecule has 4 heteroatoms. The fraction of sp³-hybridized carbons (Fsp3) is 0.917. The molecule has 1 amide bonds. The Bertz CT molecular complexity index is 240. The number of carbonyl (C=O) groups is 1. The number of aliphatic hydroxyl groups excluding tert-OH is 1. The molecule has 0 radical (unpaired) electrons. The number of rotatable bonds is 5. The van der Waals surface area contributed by atoms with E-state index >= 15 is 0 Å². The monoisotopic (exact) mass is 226 g/mol. The van der Waals surface area contributed by atoms with Gasteiger partial charge in [-0.05, 0) is 45.2 Å². The van der Waals surface area contributed by atoms with Crippen LogP contribution >= 0.6 is 0 Å². The summed E-state index contributed by atoms with van der Waals surface area (Å²) in [6, 6.07) is 0. The van der Waals surface area contributed by atoms with Crippen molar-refractivity contribution in [1.29, 1.82) is 0 Å². The molecule has 0 aromatic rings. The Labute approximate surface area is 97.0 Å². The second-order valence-electron chi connectivity index (χ2n) is 5.14. The molecule has 4 nitrogen and oxygen atoms in total. The predicted octanol–water partition coefficient (Wildman–Crippen LogP) is 0.503. The first-order chi connectivity index (χ1) is 7.74. The van der Waals surface area contributed by atoms with Crippen molar-refractivity contribution >= 4 is 5.91 Å². The molecular weight excluding hydrogens is 204 g/mol. The highest BCUT2D eigenvalue weighted by atomic mass is 16.3. The molecule has 0 spiro atoms. The summed E-state index contributed by atoms with van der Waals surface area (Å²) >= 11 is 0. The number of hydrogen-bond acceptors (Lipinski definition) is 3. The van der Waals surface area contributed by atoms with Crippen molar-refractivity contribution in [2.75, 3.05) is 26.2 Å². The first-order valence-corrected chi connectivity index (χ1v) is 6.38. The van der Waals surface area contributed by atoms with E-state index < -0.39 is 0 Å². The zero-order chi connectivity index (χ0) is 11.4. The molecule has 1 saturated carbocycles. The molecule has 1 saturated heterocycles. The summed E-state index contributed by atoms with van der Waals surface area (Å²) in [6.45, 7) is 3.23. The molecule has 0 bridgehead atoms. The summed E-state index contributed by atoms with van der Waals surface area (Å²) < 4.78 is 0. The molecule has 0 atom stereocenters. The lowest BCUT2D eigenvalue weighted by atomic mass is 9.77. The lowest BCUT2D eigenvalue weighted by Crippen LogP contribution is -2.56. The van der Waals surface area contributed by atoms with Crippen molar-refractivity contribution < 1.29 is 9.90 Å². The first-order valence-electron chi connectivity index (χ1n) is 6.38. The number of amides is 1. The second kappa shape index (κ2) is 5.15. The molecule has 2 aliphatic rings.